The van der Waals surface area contributed by atoms with E-state index in [2.05, 4.69) is 0 Å². The van der Waals surface area contributed by atoms with Gasteiger partial charge in [0, 0.05) is 13.0 Å². The van der Waals surface area contributed by atoms with Crippen LogP contribution in [0.2, 0.25) is 0 Å². The van der Waals surface area contributed by atoms with Gasteiger partial charge in [0.15, 0.2) is 11.5 Å². The second-order valence-electron chi connectivity index (χ2n) is 16.6. The van der Waals surface area contributed by atoms with E-state index in [1.165, 1.54) is 13.8 Å². The van der Waals surface area contributed by atoms with Crippen LogP contribution in [0.25, 0.3) is 0 Å². The molecule has 10 nitrogen and oxygen atoms in total. The maximum absolute atomic E-state index is 14.1. The largest absolute Gasteiger partial charge is 0.488 e. The van der Waals surface area contributed by atoms with Gasteiger partial charge in [-0.15, -0.1) is 0 Å². The van der Waals surface area contributed by atoms with E-state index in [1.807, 2.05) is 182 Å². The van der Waals surface area contributed by atoms with Crippen molar-refractivity contribution < 1.29 is 47.5 Å². The van der Waals surface area contributed by atoms with Crippen LogP contribution in [0.4, 0.5) is 0 Å². The zero-order chi connectivity index (χ0) is 46.9. The van der Waals surface area contributed by atoms with Gasteiger partial charge in [-0.3, -0.25) is 9.59 Å². The van der Waals surface area contributed by atoms with Gasteiger partial charge < -0.3 is 37.9 Å². The first-order valence-electron chi connectivity index (χ1n) is 22.9. The first kappa shape index (κ1) is 47.6. The summed E-state index contributed by atoms with van der Waals surface area (Å²) >= 11 is 0. The third kappa shape index (κ3) is 12.9. The third-order valence-electron chi connectivity index (χ3n) is 11.5. The van der Waals surface area contributed by atoms with E-state index in [1.54, 1.807) is 6.07 Å². The molecule has 0 amide bonds. The average Bonchev–Trinajstić information content (AvgIpc) is 3.37. The summed E-state index contributed by atoms with van der Waals surface area (Å²) in [6.45, 7) is 3.90. The third-order valence-corrected chi connectivity index (χ3v) is 11.5. The molecule has 7 aromatic carbocycles. The van der Waals surface area contributed by atoms with Gasteiger partial charge in [-0.25, -0.2) is 0 Å². The monoisotopic (exact) mass is 912 g/mol. The van der Waals surface area contributed by atoms with Crippen molar-refractivity contribution in [2.75, 3.05) is 6.61 Å². The van der Waals surface area contributed by atoms with Gasteiger partial charge in [-0.2, -0.15) is 0 Å². The predicted octanol–water partition coefficient (Wildman–Crippen LogP) is 11.4. The molecule has 0 aliphatic carbocycles. The number of hydrogen-bond acceptors (Lipinski definition) is 10. The molecule has 0 radical (unpaired) electrons. The molecule has 0 unspecified atom stereocenters. The topological polar surface area (TPSA) is 108 Å². The number of esters is 1. The van der Waals surface area contributed by atoms with Crippen molar-refractivity contribution in [1.29, 1.82) is 0 Å². The Hall–Kier alpha value is -6.92. The molecule has 68 heavy (non-hydrogen) atoms. The number of ether oxygens (including phenoxy) is 8. The van der Waals surface area contributed by atoms with Crippen molar-refractivity contribution in [1.82, 2.24) is 0 Å². The fourth-order valence-electron chi connectivity index (χ4n) is 8.21. The van der Waals surface area contributed by atoms with Crippen LogP contribution in [0.1, 0.15) is 69.3 Å². The first-order chi connectivity index (χ1) is 33.4. The summed E-state index contributed by atoms with van der Waals surface area (Å²) in [6, 6.07) is 60.5. The van der Waals surface area contributed by atoms with Crippen molar-refractivity contribution in [3.63, 3.8) is 0 Å². The molecule has 0 N–H and O–H groups in total. The lowest BCUT2D eigenvalue weighted by atomic mass is 9.88. The highest BCUT2D eigenvalue weighted by Crippen LogP contribution is 2.50. The van der Waals surface area contributed by atoms with Crippen LogP contribution in [0.15, 0.2) is 188 Å². The van der Waals surface area contributed by atoms with Gasteiger partial charge in [0.25, 0.3) is 0 Å². The molecule has 1 aliphatic heterocycles. The van der Waals surface area contributed by atoms with Crippen LogP contribution in [0.3, 0.4) is 0 Å². The molecule has 0 saturated carbocycles. The number of rotatable bonds is 22. The zero-order valence-electron chi connectivity index (χ0n) is 38.3. The summed E-state index contributed by atoms with van der Waals surface area (Å²) in [4.78, 5) is 27.5. The summed E-state index contributed by atoms with van der Waals surface area (Å²) in [6.07, 6.45) is -4.48. The number of ketones is 1. The van der Waals surface area contributed by atoms with E-state index >= 15 is 0 Å². The molecule has 1 saturated heterocycles. The minimum atomic E-state index is -1.11. The number of carbonyl (C=O) groups is 2. The van der Waals surface area contributed by atoms with E-state index in [4.69, 9.17) is 37.9 Å². The maximum Gasteiger partial charge on any atom is 0.308 e. The zero-order valence-corrected chi connectivity index (χ0v) is 38.3. The molecule has 8 rings (SSSR count). The Balaban J connectivity index is 1.30. The number of hydrogen-bond donors (Lipinski definition) is 0. The highest BCUT2D eigenvalue weighted by Gasteiger charge is 2.51. The Morgan fingerprint density at radius 1 is 0.456 bits per heavy atom. The van der Waals surface area contributed by atoms with Crippen LogP contribution >= 0.6 is 0 Å². The fourth-order valence-corrected chi connectivity index (χ4v) is 8.21. The van der Waals surface area contributed by atoms with Gasteiger partial charge in [0.2, 0.25) is 0 Å². The minimum absolute atomic E-state index is 0.0460. The molecule has 7 aromatic rings. The van der Waals surface area contributed by atoms with Gasteiger partial charge in [-0.1, -0.05) is 182 Å². The lowest BCUT2D eigenvalue weighted by molar-refractivity contribution is -0.275. The Labute approximate surface area is 398 Å². The predicted molar refractivity (Wildman–Crippen MR) is 258 cm³/mol. The van der Waals surface area contributed by atoms with E-state index in [0.29, 0.717) is 6.61 Å². The van der Waals surface area contributed by atoms with E-state index in [-0.39, 0.29) is 68.0 Å². The molecule has 1 aliphatic rings. The van der Waals surface area contributed by atoms with Crippen LogP contribution < -0.4 is 14.2 Å². The molecule has 5 atom stereocenters. The van der Waals surface area contributed by atoms with Gasteiger partial charge in [-0.05, 0) is 40.3 Å². The van der Waals surface area contributed by atoms with E-state index in [9.17, 15) is 9.59 Å². The molecule has 0 aromatic heterocycles. The summed E-state index contributed by atoms with van der Waals surface area (Å²) < 4.78 is 54.4. The Morgan fingerprint density at radius 2 is 0.838 bits per heavy atom. The van der Waals surface area contributed by atoms with Crippen LogP contribution in [0, 0.1) is 0 Å². The van der Waals surface area contributed by atoms with Gasteiger partial charge in [0.1, 0.15) is 60.8 Å². The standard InChI is InChI=1S/C58H56O10/c1-41(59)52-49(62-35-44-23-11-4-12-24-44)33-50(63-36-45-25-13-5-14-26-45)53(55(52)67-42(2)60)56-58(66-39-48-31-19-8-20-32-48)57(65-38-47-29-17-7-18-30-47)54(64-37-46-27-15-6-16-28-46)51(68-56)40-61-34-43-21-9-3-10-22-43/h3-33,51,54,56-58H,34-40H2,1-2H3/t51-,54-,56+,57+,58+/m1/s1. The van der Waals surface area contributed by atoms with Gasteiger partial charge in [0.05, 0.1) is 38.6 Å². The van der Waals surface area contributed by atoms with E-state index < -0.39 is 42.3 Å². The molecular weight excluding hydrogens is 857 g/mol. The van der Waals surface area contributed by atoms with Crippen molar-refractivity contribution in [3.8, 4) is 17.2 Å². The van der Waals surface area contributed by atoms with Gasteiger partial charge >= 0.3 is 5.97 Å². The first-order valence-corrected chi connectivity index (χ1v) is 22.9. The summed E-state index contributed by atoms with van der Waals surface area (Å²) in [5.74, 6) is -0.700. The number of carbonyl (C=O) groups excluding carboxylic acids is 2. The second kappa shape index (κ2) is 24.2. The highest BCUT2D eigenvalue weighted by molar-refractivity contribution is 6.01. The SMILES string of the molecule is CC(=O)Oc1c(C(C)=O)c(OCc2ccccc2)cc(OCc2ccccc2)c1[C@@H]1O[C@H](COCc2ccccc2)[C@@H](OCc2ccccc2)[C@H](OCc2ccccc2)[C@H]1OCc1ccccc1. The minimum Gasteiger partial charge on any atom is -0.488 e. The fraction of sp³-hybridized carbons (Fsp3) is 0.241. The molecule has 1 heterocycles. The Morgan fingerprint density at radius 3 is 1.26 bits per heavy atom. The van der Waals surface area contributed by atoms with Crippen LogP contribution in [-0.2, 0) is 68.1 Å². The molecule has 0 spiro atoms. The van der Waals surface area contributed by atoms with Crippen molar-refractivity contribution >= 4 is 11.8 Å². The maximum atomic E-state index is 14.1. The Kier molecular flexibility index (Phi) is 16.9. The van der Waals surface area contributed by atoms with E-state index in [0.717, 1.165) is 33.4 Å². The lowest BCUT2D eigenvalue weighted by Gasteiger charge is -2.47. The second-order valence-corrected chi connectivity index (χ2v) is 16.6. The Bertz CT molecular complexity index is 2630. The van der Waals surface area contributed by atoms with Crippen LogP contribution in [0.5, 0.6) is 17.2 Å². The van der Waals surface area contributed by atoms with Crippen molar-refractivity contribution in [2.45, 2.75) is 84.0 Å². The summed E-state index contributed by atoms with van der Waals surface area (Å²) in [7, 11) is 0. The normalized spacial score (nSPS) is 17.8. The molecule has 348 valence electrons. The molecule has 0 bridgehead atoms. The molecular formula is C58H56O10. The van der Waals surface area contributed by atoms with Crippen LogP contribution in [-0.4, -0.2) is 42.8 Å². The number of Topliss-reactive ketones (excluding diaryl/α,β-unsaturated/α-hetero) is 1. The summed E-state index contributed by atoms with van der Waals surface area (Å²) in [5.41, 5.74) is 5.83. The molecule has 1 fully saturated rings. The highest BCUT2D eigenvalue weighted by atomic mass is 16.6. The van der Waals surface area contributed by atoms with Crippen molar-refractivity contribution in [3.05, 3.63) is 233 Å². The smallest absolute Gasteiger partial charge is 0.308 e. The number of benzene rings is 7. The van der Waals surface area contributed by atoms with Crippen molar-refractivity contribution in [2.24, 2.45) is 0 Å². The lowest BCUT2D eigenvalue weighted by Crippen LogP contribution is -2.58. The molecule has 10 heteroatoms. The quantitative estimate of drug-likeness (QED) is 0.0370. The summed E-state index contributed by atoms with van der Waals surface area (Å²) in [5, 5.41) is 0. The average molecular weight is 913 g/mol.